The molecule has 0 aromatic carbocycles. The Balaban J connectivity index is 1.75. The number of thiophene rings is 1. The predicted octanol–water partition coefficient (Wildman–Crippen LogP) is 3.18. The van der Waals surface area contributed by atoms with Crippen LogP contribution in [0.15, 0.2) is 16.8 Å². The first-order chi connectivity index (χ1) is 10.7. The van der Waals surface area contributed by atoms with Gasteiger partial charge in [0, 0.05) is 31.2 Å². The van der Waals surface area contributed by atoms with Crippen LogP contribution in [0, 0.1) is 0 Å². The van der Waals surface area contributed by atoms with E-state index in [0.717, 1.165) is 30.3 Å². The van der Waals surface area contributed by atoms with Gasteiger partial charge in [-0.25, -0.2) is 0 Å². The summed E-state index contributed by atoms with van der Waals surface area (Å²) in [5.41, 5.74) is 2.28. The number of morpholine rings is 1. The Morgan fingerprint density at radius 2 is 2.23 bits per heavy atom. The van der Waals surface area contributed by atoms with Crippen molar-refractivity contribution < 1.29 is 14.2 Å². The molecule has 3 heterocycles. The van der Waals surface area contributed by atoms with Crippen molar-refractivity contribution in [1.29, 1.82) is 0 Å². The highest BCUT2D eigenvalue weighted by Gasteiger charge is 2.28. The number of aromatic nitrogens is 1. The lowest BCUT2D eigenvalue weighted by Crippen LogP contribution is -2.42. The van der Waals surface area contributed by atoms with Crippen molar-refractivity contribution in [3.63, 3.8) is 0 Å². The lowest BCUT2D eigenvalue weighted by atomic mass is 10.1. The Labute approximate surface area is 138 Å². The Hall–Kier alpha value is -1.15. The molecule has 0 aliphatic carbocycles. The standard InChI is InChI=1S/C15H20N2O3S2/c1-10-6-17(8-13(20-10)11-4-5-21-9-11)7-12-14(18-2)16-22-15(12)19-3/h4-5,9-10,13H,6-8H2,1-3H3. The Morgan fingerprint density at radius 1 is 1.36 bits per heavy atom. The van der Waals surface area contributed by atoms with Crippen molar-refractivity contribution >= 4 is 22.9 Å². The average molecular weight is 340 g/mol. The van der Waals surface area contributed by atoms with Gasteiger partial charge in [0.25, 0.3) is 0 Å². The van der Waals surface area contributed by atoms with Gasteiger partial charge in [0.05, 0.1) is 32.0 Å². The van der Waals surface area contributed by atoms with Crippen molar-refractivity contribution in [2.24, 2.45) is 0 Å². The number of methoxy groups -OCH3 is 2. The summed E-state index contributed by atoms with van der Waals surface area (Å²) in [6, 6.07) is 2.14. The third-order valence-corrected chi connectivity index (χ3v) is 5.26. The van der Waals surface area contributed by atoms with Gasteiger partial charge in [0.2, 0.25) is 10.9 Å². The van der Waals surface area contributed by atoms with Gasteiger partial charge in [-0.2, -0.15) is 15.7 Å². The molecule has 0 saturated carbocycles. The highest BCUT2D eigenvalue weighted by Crippen LogP contribution is 2.35. The van der Waals surface area contributed by atoms with E-state index < -0.39 is 0 Å². The van der Waals surface area contributed by atoms with E-state index in [0.29, 0.717) is 5.88 Å². The largest absolute Gasteiger partial charge is 0.486 e. The van der Waals surface area contributed by atoms with E-state index >= 15 is 0 Å². The molecule has 1 saturated heterocycles. The van der Waals surface area contributed by atoms with Gasteiger partial charge in [-0.1, -0.05) is 0 Å². The fourth-order valence-corrected chi connectivity index (χ4v) is 4.16. The molecule has 2 aromatic rings. The monoisotopic (exact) mass is 340 g/mol. The molecule has 1 aliphatic rings. The molecule has 0 amide bonds. The second-order valence-corrected chi connectivity index (χ2v) is 6.86. The zero-order valence-corrected chi connectivity index (χ0v) is 14.6. The zero-order valence-electron chi connectivity index (χ0n) is 12.9. The summed E-state index contributed by atoms with van der Waals surface area (Å²) in [4.78, 5) is 2.38. The molecule has 1 aliphatic heterocycles. The molecule has 5 nitrogen and oxygen atoms in total. The Kier molecular flexibility index (Phi) is 4.97. The van der Waals surface area contributed by atoms with Crippen LogP contribution in [0.25, 0.3) is 0 Å². The van der Waals surface area contributed by atoms with Gasteiger partial charge in [-0.05, 0) is 29.3 Å². The summed E-state index contributed by atoms with van der Waals surface area (Å²) in [6.07, 6.45) is 0.320. The van der Waals surface area contributed by atoms with Crippen LogP contribution in [0.4, 0.5) is 0 Å². The van der Waals surface area contributed by atoms with E-state index in [2.05, 4.69) is 33.0 Å². The van der Waals surface area contributed by atoms with Crippen molar-refractivity contribution in [1.82, 2.24) is 9.27 Å². The van der Waals surface area contributed by atoms with E-state index in [1.807, 2.05) is 0 Å². The number of hydrogen-bond acceptors (Lipinski definition) is 7. The summed E-state index contributed by atoms with van der Waals surface area (Å²) in [5.74, 6) is 0.660. The molecule has 0 spiro atoms. The molecule has 0 N–H and O–H groups in total. The quantitative estimate of drug-likeness (QED) is 0.836. The van der Waals surface area contributed by atoms with Crippen LogP contribution in [-0.2, 0) is 11.3 Å². The SMILES string of the molecule is COc1nsc(OC)c1CN1CC(C)OC(c2ccsc2)C1. The second kappa shape index (κ2) is 6.95. The highest BCUT2D eigenvalue weighted by atomic mass is 32.1. The van der Waals surface area contributed by atoms with Crippen LogP contribution in [-0.4, -0.2) is 42.7 Å². The predicted molar refractivity (Wildman–Crippen MR) is 88.1 cm³/mol. The van der Waals surface area contributed by atoms with Gasteiger partial charge < -0.3 is 14.2 Å². The smallest absolute Gasteiger partial charge is 0.233 e. The number of nitrogens with zero attached hydrogens (tertiary/aromatic N) is 2. The van der Waals surface area contributed by atoms with Crippen molar-refractivity contribution in [2.45, 2.75) is 25.7 Å². The van der Waals surface area contributed by atoms with Crippen molar-refractivity contribution in [2.75, 3.05) is 27.3 Å². The third kappa shape index (κ3) is 3.27. The number of ether oxygens (including phenoxy) is 3. The molecule has 120 valence electrons. The summed E-state index contributed by atoms with van der Waals surface area (Å²) < 4.78 is 21.2. The molecule has 2 atom stereocenters. The minimum absolute atomic E-state index is 0.124. The van der Waals surface area contributed by atoms with Crippen molar-refractivity contribution in [3.05, 3.63) is 28.0 Å². The fraction of sp³-hybridized carbons (Fsp3) is 0.533. The van der Waals surface area contributed by atoms with Crippen LogP contribution in [0.1, 0.15) is 24.2 Å². The summed E-state index contributed by atoms with van der Waals surface area (Å²) in [7, 11) is 3.32. The van der Waals surface area contributed by atoms with Gasteiger partial charge >= 0.3 is 0 Å². The maximum absolute atomic E-state index is 6.08. The van der Waals surface area contributed by atoms with E-state index in [4.69, 9.17) is 14.2 Å². The molecule has 7 heteroatoms. The maximum Gasteiger partial charge on any atom is 0.233 e. The normalized spacial score (nSPS) is 22.7. The maximum atomic E-state index is 6.08. The van der Waals surface area contributed by atoms with Gasteiger partial charge in [-0.3, -0.25) is 4.90 Å². The lowest BCUT2D eigenvalue weighted by Gasteiger charge is -2.36. The average Bonchev–Trinajstić information content (AvgIpc) is 3.16. The molecule has 0 bridgehead atoms. The molecule has 1 fully saturated rings. The summed E-state index contributed by atoms with van der Waals surface area (Å²) in [6.45, 7) is 4.63. The lowest BCUT2D eigenvalue weighted by molar-refractivity contribution is -0.0814. The van der Waals surface area contributed by atoms with Gasteiger partial charge in [0.15, 0.2) is 0 Å². The van der Waals surface area contributed by atoms with Gasteiger partial charge in [0.1, 0.15) is 0 Å². The van der Waals surface area contributed by atoms with Crippen molar-refractivity contribution in [3.8, 4) is 10.9 Å². The minimum Gasteiger partial charge on any atom is -0.486 e. The number of rotatable bonds is 5. The van der Waals surface area contributed by atoms with E-state index in [9.17, 15) is 0 Å². The molecular formula is C15H20N2O3S2. The highest BCUT2D eigenvalue weighted by molar-refractivity contribution is 7.08. The molecular weight excluding hydrogens is 320 g/mol. The topological polar surface area (TPSA) is 43.8 Å². The molecule has 0 radical (unpaired) electrons. The first-order valence-electron chi connectivity index (χ1n) is 7.17. The van der Waals surface area contributed by atoms with Crippen LogP contribution < -0.4 is 9.47 Å². The minimum atomic E-state index is 0.124. The summed E-state index contributed by atoms with van der Waals surface area (Å²) in [5, 5.41) is 5.08. The van der Waals surface area contributed by atoms with Crippen LogP contribution in [0.5, 0.6) is 10.9 Å². The Morgan fingerprint density at radius 3 is 2.91 bits per heavy atom. The van der Waals surface area contributed by atoms with E-state index in [1.54, 1.807) is 25.6 Å². The van der Waals surface area contributed by atoms with Gasteiger partial charge in [-0.15, -0.1) is 0 Å². The Bertz CT molecular complexity index is 578. The third-order valence-electron chi connectivity index (χ3n) is 3.73. The van der Waals surface area contributed by atoms with Crippen LogP contribution >= 0.6 is 22.9 Å². The second-order valence-electron chi connectivity index (χ2n) is 5.35. The number of hydrogen-bond donors (Lipinski definition) is 0. The van der Waals surface area contributed by atoms with E-state index in [-0.39, 0.29) is 12.2 Å². The molecule has 2 aromatic heterocycles. The first-order valence-corrected chi connectivity index (χ1v) is 8.89. The summed E-state index contributed by atoms with van der Waals surface area (Å²) >= 11 is 3.04. The molecule has 2 unspecified atom stereocenters. The molecule has 22 heavy (non-hydrogen) atoms. The zero-order chi connectivity index (χ0) is 15.5. The fourth-order valence-electron chi connectivity index (χ4n) is 2.77. The molecule has 3 rings (SSSR count). The van der Waals surface area contributed by atoms with Crippen LogP contribution in [0.3, 0.4) is 0 Å². The first kappa shape index (κ1) is 15.7. The van der Waals surface area contributed by atoms with E-state index in [1.165, 1.54) is 17.1 Å². The van der Waals surface area contributed by atoms with Crippen LogP contribution in [0.2, 0.25) is 0 Å².